The second kappa shape index (κ2) is 22.1. The lowest BCUT2D eigenvalue weighted by Gasteiger charge is -2.60. The number of Topliss-reactive ketones (excluding diaryl/α,β-unsaturated/α-hetero) is 1. The van der Waals surface area contributed by atoms with E-state index in [-0.39, 0.29) is 48.5 Å². The molecule has 0 spiro atoms. The van der Waals surface area contributed by atoms with Gasteiger partial charge in [0.15, 0.2) is 31.3 Å². The highest BCUT2D eigenvalue weighted by atomic mass is 16.8. The van der Waals surface area contributed by atoms with Crippen molar-refractivity contribution in [2.24, 2.45) is 63.0 Å². The van der Waals surface area contributed by atoms with Crippen LogP contribution in [0.1, 0.15) is 72.1 Å². The Kier molecular flexibility index (Phi) is 17.6. The Bertz CT molecular complexity index is 1920. The van der Waals surface area contributed by atoms with E-state index in [0.29, 0.717) is 19.3 Å². The summed E-state index contributed by atoms with van der Waals surface area (Å²) in [6.07, 6.45) is -14.2. The summed E-state index contributed by atoms with van der Waals surface area (Å²) in [5.41, 5.74) is 34.3. The van der Waals surface area contributed by atoms with Gasteiger partial charge in [-0.25, -0.2) is 0 Å². The number of hydrogen-bond acceptors (Lipinski definition) is 25. The highest BCUT2D eigenvalue weighted by Gasteiger charge is 2.68. The van der Waals surface area contributed by atoms with Gasteiger partial charge >= 0.3 is 5.97 Å². The predicted molar refractivity (Wildman–Crippen MR) is 243 cm³/mol. The van der Waals surface area contributed by atoms with E-state index in [1.54, 1.807) is 6.08 Å². The molecule has 8 rings (SSSR count). The van der Waals surface area contributed by atoms with Crippen LogP contribution >= 0.6 is 0 Å². The van der Waals surface area contributed by atoms with Crippen LogP contribution in [0, 0.1) is 28.6 Å². The first kappa shape index (κ1) is 56.4. The Morgan fingerprint density at radius 1 is 0.718 bits per heavy atom. The Hall–Kier alpha value is -2.29. The number of rotatable bonds is 12. The Morgan fingerprint density at radius 2 is 1.28 bits per heavy atom. The largest absolute Gasteiger partial charge is 0.458 e. The highest BCUT2D eigenvalue weighted by molar-refractivity contribution is 5.92. The van der Waals surface area contributed by atoms with Gasteiger partial charge in [-0.15, -0.1) is 0 Å². The molecule has 3 saturated heterocycles. The Morgan fingerprint density at radius 3 is 1.85 bits per heavy atom. The van der Waals surface area contributed by atoms with E-state index in [1.807, 2.05) is 6.92 Å². The van der Waals surface area contributed by atoms with Crippen molar-refractivity contribution in [2.75, 3.05) is 26.3 Å². The van der Waals surface area contributed by atoms with Gasteiger partial charge in [-0.2, -0.15) is 0 Å². The number of carbonyl (C=O) groups excluding carboxylic acids is 3. The number of ether oxygens (including phenoxy) is 7. The normalized spacial score (nSPS) is 50.7. The van der Waals surface area contributed by atoms with E-state index in [4.69, 9.17) is 67.6 Å². The zero-order chi connectivity index (χ0) is 52.2. The fourth-order valence-electron chi connectivity index (χ4n) is 13.2. The van der Waals surface area contributed by atoms with Gasteiger partial charge in [0, 0.05) is 43.9 Å². The minimum atomic E-state index is -1.60. The van der Waals surface area contributed by atoms with Crippen LogP contribution in [0.15, 0.2) is 11.6 Å². The van der Waals surface area contributed by atoms with Gasteiger partial charge in [0.05, 0.1) is 30.9 Å². The number of ketones is 2. The number of aliphatic hydroxyl groups is 9. The van der Waals surface area contributed by atoms with E-state index >= 15 is 0 Å². The maximum absolute atomic E-state index is 12.9. The molecule has 25 heteroatoms. The van der Waals surface area contributed by atoms with Crippen LogP contribution in [0.25, 0.3) is 0 Å². The first-order valence-electron chi connectivity index (χ1n) is 24.7. The summed E-state index contributed by atoms with van der Waals surface area (Å²) in [4.78, 5) is 36.0. The molecule has 0 bridgehead atoms. The molecule has 71 heavy (non-hydrogen) atoms. The molecule has 5 aliphatic carbocycles. The second-order valence-corrected chi connectivity index (χ2v) is 21.4. The van der Waals surface area contributed by atoms with Crippen LogP contribution in [0.3, 0.4) is 0 Å². The first-order valence-corrected chi connectivity index (χ1v) is 24.7. The third kappa shape index (κ3) is 10.4. The van der Waals surface area contributed by atoms with Crippen LogP contribution < -0.4 is 34.4 Å². The molecular weight excluding hydrogens is 941 g/mol. The third-order valence-corrected chi connectivity index (χ3v) is 17.3. The van der Waals surface area contributed by atoms with Gasteiger partial charge in [-0.05, 0) is 74.2 Å². The molecule has 3 unspecified atom stereocenters. The van der Waals surface area contributed by atoms with Crippen LogP contribution in [0.4, 0.5) is 0 Å². The van der Waals surface area contributed by atoms with E-state index in [2.05, 4.69) is 6.92 Å². The third-order valence-electron chi connectivity index (χ3n) is 17.3. The van der Waals surface area contributed by atoms with Gasteiger partial charge in [0.2, 0.25) is 5.78 Å². The van der Waals surface area contributed by atoms with Crippen molar-refractivity contribution in [3.8, 4) is 0 Å². The quantitative estimate of drug-likeness (QED) is 0.0808. The molecule has 8 aliphatic rings. The predicted octanol–water partition coefficient (Wildman–Crippen LogP) is -6.54. The number of esters is 1. The summed E-state index contributed by atoms with van der Waals surface area (Å²) >= 11 is 0. The monoisotopic (exact) mass is 1020 g/mol. The summed E-state index contributed by atoms with van der Waals surface area (Å²) in [6.45, 7) is 3.96. The summed E-state index contributed by atoms with van der Waals surface area (Å²) < 4.78 is 39.5. The van der Waals surface area contributed by atoms with Crippen molar-refractivity contribution < 1.29 is 93.5 Å². The SMILES string of the molecule is CC(=O)OCC(=O)[C@@]1(O)CC[C@H]2[C@@H]3CCC4=CC(=O)CC[C@]4(C)C3[C@@H](O)C[C@@]21C.NC[C@@H]1OC(O[C@H]2[C@H](O)[C@H](O[C@@H]3C(O[C@H]4O[C@H](CN)[C@H](O)[C@H](O)[C@H]4N)[C@@H](N)C[C@@H](N)[C@@H]3O)O[C@@H]2CO)[C@@H](N)[C@@H](O)[C@@H]1O. The minimum Gasteiger partial charge on any atom is -0.458 e. The van der Waals surface area contributed by atoms with Gasteiger partial charge in [0.25, 0.3) is 0 Å². The zero-order valence-electron chi connectivity index (χ0n) is 40.4. The number of hydrogen-bond donors (Lipinski definition) is 15. The van der Waals surface area contributed by atoms with Crippen molar-refractivity contribution >= 4 is 17.5 Å². The van der Waals surface area contributed by atoms with Gasteiger partial charge < -0.3 is 114 Å². The molecule has 26 atom stereocenters. The van der Waals surface area contributed by atoms with Gasteiger partial charge in [0.1, 0.15) is 72.7 Å². The van der Waals surface area contributed by atoms with Crippen molar-refractivity contribution in [3.05, 3.63) is 11.6 Å². The summed E-state index contributed by atoms with van der Waals surface area (Å²) in [7, 11) is 0. The molecule has 4 saturated carbocycles. The highest BCUT2D eigenvalue weighted by Crippen LogP contribution is 2.67. The molecular formula is C46H78N6O19. The first-order chi connectivity index (χ1) is 33.4. The summed E-state index contributed by atoms with van der Waals surface area (Å²) in [6, 6.07) is -4.18. The molecule has 0 aromatic rings. The number of carbonyl (C=O) groups is 3. The van der Waals surface area contributed by atoms with Crippen molar-refractivity contribution in [2.45, 2.75) is 200 Å². The molecule has 0 radical (unpaired) electrons. The summed E-state index contributed by atoms with van der Waals surface area (Å²) in [5.74, 6) is -0.462. The van der Waals surface area contributed by atoms with Gasteiger partial charge in [-0.1, -0.05) is 19.4 Å². The average molecular weight is 1020 g/mol. The number of allylic oxidation sites excluding steroid dienone is 1. The second-order valence-electron chi connectivity index (χ2n) is 21.4. The van der Waals surface area contributed by atoms with E-state index in [0.717, 1.165) is 31.3 Å². The summed E-state index contributed by atoms with van der Waals surface area (Å²) in [5, 5.41) is 95.7. The maximum Gasteiger partial charge on any atom is 0.303 e. The smallest absolute Gasteiger partial charge is 0.303 e. The molecule has 3 heterocycles. The molecule has 406 valence electrons. The van der Waals surface area contributed by atoms with Crippen molar-refractivity contribution in [3.63, 3.8) is 0 Å². The lowest BCUT2D eigenvalue weighted by molar-refractivity contribution is -0.306. The molecule has 0 amide bonds. The fraction of sp³-hybridized carbons (Fsp3) is 0.891. The van der Waals surface area contributed by atoms with Crippen molar-refractivity contribution in [1.82, 2.24) is 0 Å². The van der Waals surface area contributed by atoms with Crippen molar-refractivity contribution in [1.29, 1.82) is 0 Å². The minimum absolute atomic E-state index is 0.0413. The topological polar surface area (TPSA) is 454 Å². The van der Waals surface area contributed by atoms with Gasteiger partial charge in [-0.3, -0.25) is 14.4 Å². The molecule has 25 nitrogen and oxygen atoms in total. The lowest BCUT2D eigenvalue weighted by Crippen LogP contribution is -2.68. The van der Waals surface area contributed by atoms with Crippen LogP contribution in [0.5, 0.6) is 0 Å². The molecule has 7 fully saturated rings. The number of aliphatic hydroxyl groups excluding tert-OH is 8. The van der Waals surface area contributed by atoms with Crippen LogP contribution in [-0.2, 0) is 47.5 Å². The van der Waals surface area contributed by atoms with Crippen LogP contribution in [0.2, 0.25) is 0 Å². The van der Waals surface area contributed by atoms with E-state index in [9.17, 15) is 60.3 Å². The molecule has 21 N–H and O–H groups in total. The maximum atomic E-state index is 12.9. The number of fused-ring (bicyclic) bond motifs is 5. The van der Waals surface area contributed by atoms with E-state index in [1.165, 1.54) is 6.92 Å². The zero-order valence-corrected chi connectivity index (χ0v) is 40.4. The molecule has 0 aromatic carbocycles. The van der Waals surface area contributed by atoms with E-state index < -0.39 is 158 Å². The lowest BCUT2D eigenvalue weighted by atomic mass is 9.45. The molecule has 0 aromatic heterocycles. The molecule has 3 aliphatic heterocycles. The standard InChI is InChI=1S/C23H46N6O13.C23H32O6/c24-2-7-13(32)15(34)10(28)21(37-7)40-18-6(27)1-5(26)12(31)20(18)42-23-17(36)19(9(4-30)39-23)41-22-11(29)16(35)14(33)8(3-25)38-22;1-13(24)29-12-19(27)23(28)9-7-17-16-5-4-14-10-15(25)6-8-21(14,2)20(16)18(26)11-22(17,23)3/h5-23,30-36H,1-4,24-29H2;10,16-18,20,26,28H,4-9,11-12H2,1-3H3/t5-,6+,7-,8+,9-,10-,11+,12+,13+,14-,15-,16-,17+,18?,19-,20+,21-,22?,23+;16-,17-,18-,20?,21-,22-,23-/m10/s1. The Labute approximate surface area is 411 Å². The fourth-order valence-corrected chi connectivity index (χ4v) is 13.2. The van der Waals surface area contributed by atoms with Crippen LogP contribution in [-0.4, -0.2) is 218 Å². The Balaban J connectivity index is 0.000000223. The average Bonchev–Trinajstić information content (AvgIpc) is 3.78. The number of nitrogens with two attached hydrogens (primary N) is 6.